The number of carbonyl (C=O) groups excluding carboxylic acids is 4. The molecule has 69 heavy (non-hydrogen) atoms. The van der Waals surface area contributed by atoms with Crippen LogP contribution in [-0.4, -0.2) is 85.8 Å². The van der Waals surface area contributed by atoms with Crippen LogP contribution in [0.2, 0.25) is 0 Å². The number of unbranched alkanes of at least 4 members (excludes halogenated alkanes) is 32. The van der Waals surface area contributed by atoms with E-state index in [4.69, 9.17) is 0 Å². The predicted molar refractivity (Wildman–Crippen MR) is 293 cm³/mol. The zero-order chi connectivity index (χ0) is 49.5. The number of hydrogen-bond acceptors (Lipinski definition) is 7. The fraction of sp³-hybridized carbons (Fsp3) is 0.867. The van der Waals surface area contributed by atoms with Gasteiger partial charge in [-0.25, -0.2) is 0 Å². The molecule has 0 aliphatic carbocycles. The van der Waals surface area contributed by atoms with Gasteiger partial charge < -0.3 is 16.0 Å². The van der Waals surface area contributed by atoms with Gasteiger partial charge in [-0.05, 0) is 64.2 Å². The second-order valence-corrected chi connectivity index (χ2v) is 21.1. The standard InChI is InChI=1S/C60H111N5O4/c1-3-5-7-9-11-13-15-17-19-21-23-24-25-26-28-30-32-34-36-38-40-42-44-56-54-58(67)65(60(56)69)52-50-63-48-46-61-45-47-62-49-51-64-57(66)53-55(59(64)68)43-41-39-37-35-33-31-29-27-22-20-18-16-14-12-10-8-6-4-2/h18,20,28,30,55-56,61-63H,3-17,19,21-27,29,31-54H2,1-2H3/b20-18+,30-28+. The Bertz CT molecular complexity index is 1300. The molecule has 2 saturated heterocycles. The van der Waals surface area contributed by atoms with E-state index < -0.39 is 0 Å². The molecule has 2 aliphatic heterocycles. The molecule has 2 atom stereocenters. The highest BCUT2D eigenvalue weighted by Crippen LogP contribution is 2.26. The molecule has 2 heterocycles. The van der Waals surface area contributed by atoms with E-state index in [1.54, 1.807) is 0 Å². The Morgan fingerprint density at radius 2 is 0.594 bits per heavy atom. The summed E-state index contributed by atoms with van der Waals surface area (Å²) in [6, 6.07) is 0. The summed E-state index contributed by atoms with van der Waals surface area (Å²) in [6.07, 6.45) is 59.2. The van der Waals surface area contributed by atoms with Crippen molar-refractivity contribution in [2.75, 3.05) is 52.4 Å². The van der Waals surface area contributed by atoms with Crippen molar-refractivity contribution >= 4 is 23.6 Å². The van der Waals surface area contributed by atoms with Gasteiger partial charge in [-0.2, -0.15) is 0 Å². The highest BCUT2D eigenvalue weighted by atomic mass is 16.2. The van der Waals surface area contributed by atoms with E-state index in [-0.39, 0.29) is 35.5 Å². The van der Waals surface area contributed by atoms with Crippen LogP contribution in [0.3, 0.4) is 0 Å². The summed E-state index contributed by atoms with van der Waals surface area (Å²) < 4.78 is 0. The van der Waals surface area contributed by atoms with E-state index in [1.165, 1.54) is 215 Å². The third-order valence-electron chi connectivity index (χ3n) is 14.8. The molecule has 9 nitrogen and oxygen atoms in total. The third-order valence-corrected chi connectivity index (χ3v) is 14.8. The van der Waals surface area contributed by atoms with Crippen LogP contribution in [0.25, 0.3) is 0 Å². The number of imide groups is 2. The molecule has 3 N–H and O–H groups in total. The van der Waals surface area contributed by atoms with Crippen LogP contribution in [0.1, 0.15) is 271 Å². The van der Waals surface area contributed by atoms with Crippen LogP contribution >= 0.6 is 0 Å². The molecule has 2 aliphatic rings. The first-order valence-corrected chi connectivity index (χ1v) is 30.1. The topological polar surface area (TPSA) is 111 Å². The highest BCUT2D eigenvalue weighted by Gasteiger charge is 2.38. The molecular formula is C60H111N5O4. The molecule has 2 rings (SSSR count). The summed E-state index contributed by atoms with van der Waals surface area (Å²) in [6.45, 7) is 9.73. The largest absolute Gasteiger partial charge is 0.314 e. The number of carbonyl (C=O) groups is 4. The first kappa shape index (κ1) is 62.8. The van der Waals surface area contributed by atoms with Crippen LogP contribution in [-0.2, 0) is 19.2 Å². The normalized spacial score (nSPS) is 16.6. The van der Waals surface area contributed by atoms with Gasteiger partial charge in [0.15, 0.2) is 0 Å². The van der Waals surface area contributed by atoms with Crippen molar-refractivity contribution in [3.63, 3.8) is 0 Å². The molecule has 2 unspecified atom stereocenters. The fourth-order valence-corrected chi connectivity index (χ4v) is 10.2. The van der Waals surface area contributed by atoms with Gasteiger partial charge >= 0.3 is 0 Å². The Kier molecular flexibility index (Phi) is 42.5. The van der Waals surface area contributed by atoms with E-state index >= 15 is 0 Å². The van der Waals surface area contributed by atoms with Gasteiger partial charge in [0.2, 0.25) is 23.6 Å². The van der Waals surface area contributed by atoms with Gasteiger partial charge in [0.25, 0.3) is 0 Å². The van der Waals surface area contributed by atoms with Crippen molar-refractivity contribution < 1.29 is 19.2 Å². The first-order chi connectivity index (χ1) is 34.0. The van der Waals surface area contributed by atoms with Crippen molar-refractivity contribution in [3.05, 3.63) is 24.3 Å². The molecule has 0 saturated carbocycles. The second kappa shape index (κ2) is 46.7. The average molecular weight is 967 g/mol. The van der Waals surface area contributed by atoms with Crippen molar-refractivity contribution in [3.8, 4) is 0 Å². The molecule has 9 heteroatoms. The average Bonchev–Trinajstić information content (AvgIpc) is 3.78. The Morgan fingerprint density at radius 1 is 0.348 bits per heavy atom. The van der Waals surface area contributed by atoms with Gasteiger partial charge in [0.1, 0.15) is 0 Å². The lowest BCUT2D eigenvalue weighted by Crippen LogP contribution is -2.40. The summed E-state index contributed by atoms with van der Waals surface area (Å²) in [7, 11) is 0. The number of hydrogen-bond donors (Lipinski definition) is 3. The van der Waals surface area contributed by atoms with Crippen molar-refractivity contribution in [2.24, 2.45) is 11.8 Å². The van der Waals surface area contributed by atoms with Crippen molar-refractivity contribution in [2.45, 2.75) is 271 Å². The molecule has 0 aromatic rings. The van der Waals surface area contributed by atoms with E-state index in [0.29, 0.717) is 39.0 Å². The molecule has 400 valence electrons. The van der Waals surface area contributed by atoms with E-state index in [2.05, 4.69) is 54.1 Å². The maximum absolute atomic E-state index is 13.0. The predicted octanol–water partition coefficient (Wildman–Crippen LogP) is 14.5. The van der Waals surface area contributed by atoms with Crippen LogP contribution in [0.5, 0.6) is 0 Å². The molecule has 2 fully saturated rings. The molecule has 4 amide bonds. The highest BCUT2D eigenvalue weighted by molar-refractivity contribution is 6.04. The van der Waals surface area contributed by atoms with Crippen LogP contribution in [0.15, 0.2) is 24.3 Å². The third kappa shape index (κ3) is 34.6. The lowest BCUT2D eigenvalue weighted by Gasteiger charge is -2.16. The number of allylic oxidation sites excluding steroid dienone is 4. The number of nitrogens with zero attached hydrogens (tertiary/aromatic N) is 2. The maximum Gasteiger partial charge on any atom is 0.232 e. The zero-order valence-electron chi connectivity index (χ0n) is 45.4. The Hall–Kier alpha value is -2.36. The number of nitrogens with one attached hydrogen (secondary N) is 3. The number of amides is 4. The van der Waals surface area contributed by atoms with E-state index in [0.717, 1.165) is 64.7 Å². The van der Waals surface area contributed by atoms with E-state index in [9.17, 15) is 19.2 Å². The lowest BCUT2D eigenvalue weighted by molar-refractivity contribution is -0.140. The second-order valence-electron chi connectivity index (χ2n) is 21.1. The van der Waals surface area contributed by atoms with Gasteiger partial charge in [0, 0.05) is 77.0 Å². The monoisotopic (exact) mass is 966 g/mol. The fourth-order valence-electron chi connectivity index (χ4n) is 10.2. The molecular weight excluding hydrogens is 855 g/mol. The Balaban J connectivity index is 1.32. The number of rotatable bonds is 52. The summed E-state index contributed by atoms with van der Waals surface area (Å²) >= 11 is 0. The summed E-state index contributed by atoms with van der Waals surface area (Å²) in [5, 5.41) is 10.1. The van der Waals surface area contributed by atoms with Crippen LogP contribution < -0.4 is 16.0 Å². The maximum atomic E-state index is 13.0. The van der Waals surface area contributed by atoms with Gasteiger partial charge in [-0.15, -0.1) is 0 Å². The van der Waals surface area contributed by atoms with Gasteiger partial charge in [0.05, 0.1) is 0 Å². The summed E-state index contributed by atoms with van der Waals surface area (Å²) in [4.78, 5) is 54.0. The van der Waals surface area contributed by atoms with Crippen molar-refractivity contribution in [1.29, 1.82) is 0 Å². The molecule has 0 bridgehead atoms. The van der Waals surface area contributed by atoms with Crippen LogP contribution in [0.4, 0.5) is 0 Å². The Morgan fingerprint density at radius 3 is 0.884 bits per heavy atom. The van der Waals surface area contributed by atoms with Gasteiger partial charge in [-0.1, -0.05) is 218 Å². The minimum atomic E-state index is -0.134. The minimum absolute atomic E-state index is 0.0180. The first-order valence-electron chi connectivity index (χ1n) is 30.1. The zero-order valence-corrected chi connectivity index (χ0v) is 45.4. The summed E-state index contributed by atoms with van der Waals surface area (Å²) in [5.74, 6) is -0.259. The quantitative estimate of drug-likeness (QED) is 0.0316. The Labute approximate surface area is 426 Å². The van der Waals surface area contributed by atoms with E-state index in [1.807, 2.05) is 0 Å². The molecule has 0 spiro atoms. The van der Waals surface area contributed by atoms with Crippen LogP contribution in [0, 0.1) is 11.8 Å². The smallest absolute Gasteiger partial charge is 0.232 e. The lowest BCUT2D eigenvalue weighted by atomic mass is 9.98. The SMILES string of the molecule is CCCCCCCC/C=C/CCCCCCCCCCC1CC(=O)N(CCNCCNCCNCCN2C(=O)CC(CCCCCCC/C=C/CCCCCCCCCCCCCCC)C2=O)C1=O. The minimum Gasteiger partial charge on any atom is -0.314 e. The molecule has 0 aromatic carbocycles. The van der Waals surface area contributed by atoms with Crippen molar-refractivity contribution in [1.82, 2.24) is 25.8 Å². The van der Waals surface area contributed by atoms with Gasteiger partial charge in [-0.3, -0.25) is 29.0 Å². The molecule has 0 aromatic heterocycles. The molecule has 0 radical (unpaired) electrons. The number of likely N-dealkylation sites (tertiary alicyclic amines) is 2. The summed E-state index contributed by atoms with van der Waals surface area (Å²) in [5.41, 5.74) is 0.